The van der Waals surface area contributed by atoms with Crippen LogP contribution in [0.5, 0.6) is 0 Å². The summed E-state index contributed by atoms with van der Waals surface area (Å²) >= 11 is 0. The van der Waals surface area contributed by atoms with E-state index in [4.69, 9.17) is 10.7 Å². The average molecular weight is 680 g/mol. The molecule has 0 saturated carbocycles. The maximum Gasteiger partial charge on any atom is 0.207 e. The molecule has 0 saturated heterocycles. The fourth-order valence-corrected chi connectivity index (χ4v) is 9.31. The fraction of sp³-hybridized carbons (Fsp3) is 0. The van der Waals surface area contributed by atoms with E-state index in [9.17, 15) is 10.7 Å². The smallest absolute Gasteiger partial charge is 0.207 e. The summed E-state index contributed by atoms with van der Waals surface area (Å²) in [6.45, 7) is 0. The number of nitriles is 1. The molecule has 0 atom stereocenters. The highest BCUT2D eigenvalue weighted by Gasteiger charge is 2.27. The first-order valence-corrected chi connectivity index (χ1v) is 18.9. The molecular formula is C33H37B15N6. The minimum Gasteiger partial charge on any atom is -0.369 e. The third-order valence-corrected chi connectivity index (χ3v) is 13.6. The molecule has 0 aliphatic rings. The molecule has 0 unspecified atom stereocenters. The van der Waals surface area contributed by atoms with E-state index in [1.165, 1.54) is 81.7 Å². The molecule has 0 fully saturated rings. The highest BCUT2D eigenvalue weighted by Crippen LogP contribution is 2.30. The van der Waals surface area contributed by atoms with Crippen molar-refractivity contribution in [3.05, 3.63) is 35.4 Å². The van der Waals surface area contributed by atoms with Crippen molar-refractivity contribution < 1.29 is 0 Å². The molecule has 244 valence electrons. The minimum absolute atomic E-state index is 0.0738. The van der Waals surface area contributed by atoms with Gasteiger partial charge in [0.05, 0.1) is 11.8 Å². The largest absolute Gasteiger partial charge is 0.369 e. The Kier molecular flexibility index (Phi) is 9.03. The Hall–Kier alpha value is -4.70. The van der Waals surface area contributed by atoms with Gasteiger partial charge in [0.2, 0.25) is 5.96 Å². The molecular weight excluding hydrogens is 643 g/mol. The van der Waals surface area contributed by atoms with E-state index < -0.39 is 0 Å². The molecule has 0 amide bonds. The molecule has 5 aromatic carbocycles. The van der Waals surface area contributed by atoms with Crippen LogP contribution in [0.1, 0.15) is 11.1 Å². The van der Waals surface area contributed by atoms with Crippen molar-refractivity contribution in [1.29, 1.82) is 10.7 Å². The summed E-state index contributed by atoms with van der Waals surface area (Å²) in [5, 5.41) is 24.9. The van der Waals surface area contributed by atoms with E-state index >= 15 is 0 Å². The number of nitrogens with zero attached hydrogens (tertiary/aromatic N) is 4. The minimum atomic E-state index is 0.0738. The lowest BCUT2D eigenvalue weighted by Gasteiger charge is -2.19. The van der Waals surface area contributed by atoms with E-state index in [0.717, 1.165) is 49.5 Å². The Morgan fingerprint density at radius 2 is 0.889 bits per heavy atom. The zero-order valence-corrected chi connectivity index (χ0v) is 34.7. The number of hydrogen-bond acceptors (Lipinski definition) is 2. The number of aromatic nitrogens is 2. The fourth-order valence-electron chi connectivity index (χ4n) is 9.31. The van der Waals surface area contributed by atoms with Gasteiger partial charge in [-0.25, -0.2) is 0 Å². The van der Waals surface area contributed by atoms with Crippen LogP contribution in [0.15, 0.2) is 29.3 Å². The standard InChI is InChI=1S/C33H37B15N6/c34-13-7(5-49)14(35)28-9(15(13)36)10-16(37)19(40)22(43)25(46)29(10)53(28)8-4-2-1-3-6(8)32(50)52-33(51)54-30-11(17(38)20(41)23(44)26(30)47)12-18(39)21(42)24(45)27(48)31(12)54/h1-4H,34-48H2,(H3,50,51,52). The topological polar surface area (TPSA) is 95.9 Å². The predicted octanol–water partition coefficient (Wildman–Crippen LogP) is -19.2. The molecule has 0 aliphatic carbocycles. The van der Waals surface area contributed by atoms with Crippen molar-refractivity contribution in [2.75, 3.05) is 0 Å². The molecule has 0 bridgehead atoms. The number of hydrogen-bond donors (Lipinski definition) is 2. The Morgan fingerprint density at radius 3 is 1.35 bits per heavy atom. The van der Waals surface area contributed by atoms with Crippen LogP contribution in [0.25, 0.3) is 49.3 Å². The molecule has 2 aromatic heterocycles. The number of benzene rings is 5. The summed E-state index contributed by atoms with van der Waals surface area (Å²) in [4.78, 5) is 5.00. The van der Waals surface area contributed by atoms with Crippen molar-refractivity contribution in [1.82, 2.24) is 9.13 Å². The van der Waals surface area contributed by atoms with Crippen LogP contribution in [0.3, 0.4) is 0 Å². The lowest BCUT2D eigenvalue weighted by atomic mass is 9.63. The number of amidine groups is 1. The van der Waals surface area contributed by atoms with Crippen LogP contribution >= 0.6 is 0 Å². The second-order valence-electron chi connectivity index (χ2n) is 15.8. The first-order valence-electron chi connectivity index (χ1n) is 18.9. The first-order chi connectivity index (χ1) is 25.4. The Bertz CT molecular complexity index is 2920. The van der Waals surface area contributed by atoms with Gasteiger partial charge in [0, 0.05) is 33.2 Å². The number of para-hydroxylation sites is 1. The van der Waals surface area contributed by atoms with Crippen molar-refractivity contribution in [3.63, 3.8) is 0 Å². The number of rotatable bonds is 2. The van der Waals surface area contributed by atoms with Gasteiger partial charge in [-0.1, -0.05) is 72.2 Å². The monoisotopic (exact) mass is 682 g/mol. The number of nitrogens with two attached hydrogens (primary N) is 1. The summed E-state index contributed by atoms with van der Waals surface area (Å²) in [6, 6.07) is 10.5. The highest BCUT2D eigenvalue weighted by molar-refractivity contribution is 6.72. The Balaban J connectivity index is 1.59. The second-order valence-corrected chi connectivity index (χ2v) is 15.8. The highest BCUT2D eigenvalue weighted by atomic mass is 15.2. The summed E-state index contributed by atoms with van der Waals surface area (Å²) in [5.74, 6) is 0.339. The summed E-state index contributed by atoms with van der Waals surface area (Å²) in [5.41, 5.74) is 31.4. The van der Waals surface area contributed by atoms with Crippen molar-refractivity contribution in [3.8, 4) is 11.8 Å². The lowest BCUT2D eigenvalue weighted by molar-refractivity contribution is 1.17. The number of aliphatic imine (C=N–C) groups is 1. The summed E-state index contributed by atoms with van der Waals surface area (Å²) < 4.78 is 4.40. The van der Waals surface area contributed by atoms with Gasteiger partial charge in [0.1, 0.15) is 118 Å². The maximum atomic E-state index is 10.4. The molecule has 6 nitrogen and oxygen atoms in total. The van der Waals surface area contributed by atoms with Crippen LogP contribution in [0, 0.1) is 16.7 Å². The van der Waals surface area contributed by atoms with E-state index in [2.05, 4.69) is 139 Å². The van der Waals surface area contributed by atoms with Gasteiger partial charge in [0.15, 0.2) is 5.84 Å². The molecule has 0 aliphatic heterocycles. The third kappa shape index (κ3) is 4.87. The number of nitrogens with one attached hydrogen (secondary N) is 1. The van der Waals surface area contributed by atoms with Gasteiger partial charge in [-0.3, -0.25) is 9.98 Å². The van der Waals surface area contributed by atoms with Gasteiger partial charge >= 0.3 is 0 Å². The number of fused-ring (bicyclic) bond motifs is 6. The molecule has 0 radical (unpaired) electrons. The van der Waals surface area contributed by atoms with E-state index in [1.54, 1.807) is 0 Å². The van der Waals surface area contributed by atoms with E-state index in [-0.39, 0.29) is 11.8 Å². The lowest BCUT2D eigenvalue weighted by Crippen LogP contribution is -2.49. The molecule has 0 spiro atoms. The second kappa shape index (κ2) is 13.0. The van der Waals surface area contributed by atoms with Crippen LogP contribution in [0.4, 0.5) is 0 Å². The van der Waals surface area contributed by atoms with Gasteiger partial charge in [0.25, 0.3) is 0 Å². The van der Waals surface area contributed by atoms with Crippen molar-refractivity contribution >= 4 is 255 Å². The SMILES string of the molecule is Bc1c(B)c(B)c2c(c1B)c1c(B)c(B)c(B)c(B)c1n2/C(N)=N/C(=N)c1ccccc1-n1c2c(B)c(B)c(B)c(B)c2c2c(B)c(B)c(C#N)c(B)c21. The van der Waals surface area contributed by atoms with Gasteiger partial charge in [-0.05, 0) is 39.1 Å². The van der Waals surface area contributed by atoms with E-state index in [1.807, 2.05) is 18.2 Å². The molecule has 54 heavy (non-hydrogen) atoms. The molecule has 2 heterocycles. The predicted molar refractivity (Wildman–Crippen MR) is 281 cm³/mol. The van der Waals surface area contributed by atoms with Gasteiger partial charge in [-0.15, -0.1) is 16.4 Å². The van der Waals surface area contributed by atoms with Crippen LogP contribution in [-0.2, 0) is 0 Å². The molecule has 7 aromatic rings. The molecule has 21 heteroatoms. The van der Waals surface area contributed by atoms with Crippen molar-refractivity contribution in [2.24, 2.45) is 10.7 Å². The van der Waals surface area contributed by atoms with Crippen LogP contribution < -0.4 is 87.7 Å². The average Bonchev–Trinajstić information content (AvgIpc) is 3.71. The maximum absolute atomic E-state index is 10.4. The van der Waals surface area contributed by atoms with Gasteiger partial charge < -0.3 is 10.3 Å². The normalized spacial score (nSPS) is 11.9. The summed E-state index contributed by atoms with van der Waals surface area (Å²) in [6.07, 6.45) is 0. The summed E-state index contributed by atoms with van der Waals surface area (Å²) in [7, 11) is 32.6. The molecule has 7 rings (SSSR count). The first kappa shape index (κ1) is 37.6. The Morgan fingerprint density at radius 1 is 0.519 bits per heavy atom. The van der Waals surface area contributed by atoms with E-state index in [0.29, 0.717) is 11.1 Å². The van der Waals surface area contributed by atoms with Crippen molar-refractivity contribution in [2.45, 2.75) is 0 Å². The zero-order valence-electron chi connectivity index (χ0n) is 34.7. The van der Waals surface area contributed by atoms with Crippen LogP contribution in [-0.4, -0.2) is 139 Å². The van der Waals surface area contributed by atoms with Gasteiger partial charge in [-0.2, -0.15) is 10.3 Å². The third-order valence-electron chi connectivity index (χ3n) is 13.6. The quantitative estimate of drug-likeness (QED) is 0.108. The Labute approximate surface area is 331 Å². The van der Waals surface area contributed by atoms with Crippen LogP contribution in [0.2, 0.25) is 0 Å². The zero-order chi connectivity index (χ0) is 39.6. The molecule has 3 N–H and O–H groups in total.